The molecule has 1 saturated heterocycles. The van der Waals surface area contributed by atoms with Gasteiger partial charge >= 0.3 is 0 Å². The third-order valence-electron chi connectivity index (χ3n) is 6.61. The Morgan fingerprint density at radius 2 is 1.97 bits per heavy atom. The molecule has 0 bridgehead atoms. The number of benzene rings is 1. The summed E-state index contributed by atoms with van der Waals surface area (Å²) in [6.07, 6.45) is 6.85. The lowest BCUT2D eigenvalue weighted by Gasteiger charge is -2.21. The molecule has 2 aromatic rings. The molecule has 174 valence electrons. The van der Waals surface area contributed by atoms with Crippen molar-refractivity contribution in [1.29, 1.82) is 0 Å². The van der Waals surface area contributed by atoms with Crippen LogP contribution in [0.2, 0.25) is 0 Å². The average Bonchev–Trinajstić information content (AvgIpc) is 3.26. The third kappa shape index (κ3) is 6.08. The van der Waals surface area contributed by atoms with E-state index in [1.807, 2.05) is 31.2 Å². The standard InChI is InChI=1S/C27H37FN2O2/c1-5-7-8-24-27(28)25(13-15-29-24)30-16-14-23(18-30)32-22-11-9-21(10-12-22)20(4)26(31)17-19(3)6-2/h9-13,15,19-20,23H,5-8,14,16-18H2,1-4H3/t19-,20?,23-/m1/s1. The molecule has 3 atom stereocenters. The second kappa shape index (κ2) is 11.4. The Balaban J connectivity index is 1.57. The second-order valence-electron chi connectivity index (χ2n) is 9.14. The third-order valence-corrected chi connectivity index (χ3v) is 6.61. The van der Waals surface area contributed by atoms with Crippen LogP contribution in [0.4, 0.5) is 10.1 Å². The lowest BCUT2D eigenvalue weighted by molar-refractivity contribution is -0.121. The van der Waals surface area contributed by atoms with Crippen molar-refractivity contribution >= 4 is 11.5 Å². The molecular weight excluding hydrogens is 403 g/mol. The van der Waals surface area contributed by atoms with E-state index in [1.54, 1.807) is 12.3 Å². The van der Waals surface area contributed by atoms with Gasteiger partial charge in [0, 0.05) is 31.5 Å². The van der Waals surface area contributed by atoms with Gasteiger partial charge in [0.25, 0.3) is 0 Å². The highest BCUT2D eigenvalue weighted by Crippen LogP contribution is 2.28. The zero-order valence-electron chi connectivity index (χ0n) is 19.9. The number of nitrogens with zero attached hydrogens (tertiary/aromatic N) is 2. The van der Waals surface area contributed by atoms with Crippen molar-refractivity contribution in [1.82, 2.24) is 4.98 Å². The molecule has 4 nitrogen and oxygen atoms in total. The van der Waals surface area contributed by atoms with Crippen LogP contribution in [0.1, 0.15) is 77.0 Å². The molecule has 1 fully saturated rings. The first-order valence-electron chi connectivity index (χ1n) is 12.1. The van der Waals surface area contributed by atoms with E-state index >= 15 is 0 Å². The van der Waals surface area contributed by atoms with Crippen LogP contribution in [0.5, 0.6) is 5.75 Å². The van der Waals surface area contributed by atoms with E-state index < -0.39 is 0 Å². The molecule has 1 aliphatic rings. The van der Waals surface area contributed by atoms with Gasteiger partial charge < -0.3 is 9.64 Å². The number of rotatable bonds is 11. The van der Waals surface area contributed by atoms with Crippen LogP contribution >= 0.6 is 0 Å². The van der Waals surface area contributed by atoms with E-state index in [4.69, 9.17) is 4.74 Å². The summed E-state index contributed by atoms with van der Waals surface area (Å²) in [5.41, 5.74) is 2.21. The van der Waals surface area contributed by atoms with Crippen molar-refractivity contribution in [3.05, 3.63) is 53.6 Å². The molecule has 1 aromatic carbocycles. The summed E-state index contributed by atoms with van der Waals surface area (Å²) < 4.78 is 21.1. The highest BCUT2D eigenvalue weighted by atomic mass is 19.1. The predicted octanol–water partition coefficient (Wildman–Crippen LogP) is 6.33. The molecule has 32 heavy (non-hydrogen) atoms. The first-order valence-corrected chi connectivity index (χ1v) is 12.1. The molecule has 0 radical (unpaired) electrons. The molecule has 1 aromatic heterocycles. The summed E-state index contributed by atoms with van der Waals surface area (Å²) in [5, 5.41) is 0. The van der Waals surface area contributed by atoms with Crippen LogP contribution in [0.25, 0.3) is 0 Å². The lowest BCUT2D eigenvalue weighted by Crippen LogP contribution is -2.25. The zero-order valence-corrected chi connectivity index (χ0v) is 19.9. The van der Waals surface area contributed by atoms with Gasteiger partial charge in [0.2, 0.25) is 0 Å². The monoisotopic (exact) mass is 440 g/mol. The lowest BCUT2D eigenvalue weighted by atomic mass is 9.90. The SMILES string of the molecule is CCCCc1nccc(N2CC[C@@H](Oc3ccc(C(C)C(=O)C[C@H](C)CC)cc3)C2)c1F. The van der Waals surface area contributed by atoms with E-state index in [2.05, 4.69) is 30.7 Å². The molecule has 0 N–H and O–H groups in total. The van der Waals surface area contributed by atoms with Crippen molar-refractivity contribution in [3.63, 3.8) is 0 Å². The Labute approximate surface area is 192 Å². The molecule has 0 amide bonds. The summed E-state index contributed by atoms with van der Waals surface area (Å²) >= 11 is 0. The summed E-state index contributed by atoms with van der Waals surface area (Å²) in [4.78, 5) is 18.8. The maximum absolute atomic E-state index is 14.9. The predicted molar refractivity (Wildman–Crippen MR) is 128 cm³/mol. The van der Waals surface area contributed by atoms with Gasteiger partial charge in [0.1, 0.15) is 17.6 Å². The van der Waals surface area contributed by atoms with Gasteiger partial charge in [0.05, 0.1) is 17.9 Å². The van der Waals surface area contributed by atoms with Gasteiger partial charge in [-0.2, -0.15) is 0 Å². The van der Waals surface area contributed by atoms with E-state index in [1.165, 1.54) is 0 Å². The van der Waals surface area contributed by atoms with Gasteiger partial charge in [-0.15, -0.1) is 0 Å². The largest absolute Gasteiger partial charge is 0.489 e. The fourth-order valence-electron chi connectivity index (χ4n) is 4.16. The second-order valence-corrected chi connectivity index (χ2v) is 9.14. The van der Waals surface area contributed by atoms with Crippen LogP contribution in [0.15, 0.2) is 36.5 Å². The summed E-state index contributed by atoms with van der Waals surface area (Å²) in [6.45, 7) is 9.73. The van der Waals surface area contributed by atoms with Gasteiger partial charge in [0.15, 0.2) is 5.82 Å². The fraction of sp³-hybridized carbons (Fsp3) is 0.556. The Morgan fingerprint density at radius 3 is 2.66 bits per heavy atom. The van der Waals surface area contributed by atoms with Crippen molar-refractivity contribution < 1.29 is 13.9 Å². The number of pyridine rings is 1. The number of carbonyl (C=O) groups is 1. The molecule has 1 unspecified atom stereocenters. The van der Waals surface area contributed by atoms with Gasteiger partial charge in [-0.3, -0.25) is 9.78 Å². The maximum atomic E-state index is 14.9. The number of anilines is 1. The topological polar surface area (TPSA) is 42.4 Å². The molecule has 5 heteroatoms. The van der Waals surface area contributed by atoms with E-state index in [-0.39, 0.29) is 23.6 Å². The minimum atomic E-state index is -0.193. The zero-order chi connectivity index (χ0) is 23.1. The molecule has 1 aliphatic heterocycles. The van der Waals surface area contributed by atoms with Crippen molar-refractivity contribution in [3.8, 4) is 5.75 Å². The first-order chi connectivity index (χ1) is 15.4. The number of ether oxygens (including phenoxy) is 1. The quantitative estimate of drug-likeness (QED) is 0.409. The van der Waals surface area contributed by atoms with Crippen LogP contribution in [-0.4, -0.2) is 30.0 Å². The maximum Gasteiger partial charge on any atom is 0.167 e. The molecule has 0 aliphatic carbocycles. The Hall–Kier alpha value is -2.43. The number of hydrogen-bond acceptors (Lipinski definition) is 4. The number of aromatic nitrogens is 1. The Bertz CT molecular complexity index is 884. The summed E-state index contributed by atoms with van der Waals surface area (Å²) in [6, 6.07) is 9.63. The fourth-order valence-corrected chi connectivity index (χ4v) is 4.16. The summed E-state index contributed by atoms with van der Waals surface area (Å²) in [5.74, 6) is 1.21. The van der Waals surface area contributed by atoms with Crippen LogP contribution in [0, 0.1) is 11.7 Å². The highest BCUT2D eigenvalue weighted by molar-refractivity contribution is 5.85. The van der Waals surface area contributed by atoms with E-state index in [9.17, 15) is 9.18 Å². The molecule has 0 spiro atoms. The summed E-state index contributed by atoms with van der Waals surface area (Å²) in [7, 11) is 0. The number of halogens is 1. The molecule has 3 rings (SSSR count). The van der Waals surface area contributed by atoms with Gasteiger partial charge in [-0.05, 0) is 42.5 Å². The Kier molecular flexibility index (Phi) is 8.66. The number of hydrogen-bond donors (Lipinski definition) is 0. The van der Waals surface area contributed by atoms with Gasteiger partial charge in [-0.25, -0.2) is 4.39 Å². The highest BCUT2D eigenvalue weighted by Gasteiger charge is 2.27. The Morgan fingerprint density at radius 1 is 1.22 bits per heavy atom. The minimum Gasteiger partial charge on any atom is -0.489 e. The van der Waals surface area contributed by atoms with Crippen molar-refractivity contribution in [2.24, 2.45) is 5.92 Å². The number of unbranched alkanes of at least 4 members (excludes halogenated alkanes) is 1. The van der Waals surface area contributed by atoms with Crippen molar-refractivity contribution in [2.45, 2.75) is 78.2 Å². The van der Waals surface area contributed by atoms with E-state index in [0.29, 0.717) is 36.7 Å². The number of Topliss-reactive ketones (excluding diaryl/α,β-unsaturated/α-hetero) is 1. The van der Waals surface area contributed by atoms with Crippen LogP contribution < -0.4 is 9.64 Å². The van der Waals surface area contributed by atoms with E-state index in [0.717, 1.165) is 43.5 Å². The number of aryl methyl sites for hydroxylation is 1. The number of carbonyl (C=O) groups excluding carboxylic acids is 1. The van der Waals surface area contributed by atoms with Gasteiger partial charge in [-0.1, -0.05) is 52.7 Å². The van der Waals surface area contributed by atoms with Crippen LogP contribution in [0.3, 0.4) is 0 Å². The smallest absolute Gasteiger partial charge is 0.167 e. The first kappa shape index (κ1) is 24.2. The van der Waals surface area contributed by atoms with Crippen molar-refractivity contribution in [2.75, 3.05) is 18.0 Å². The average molecular weight is 441 g/mol. The molecule has 0 saturated carbocycles. The van der Waals surface area contributed by atoms with Crippen LogP contribution in [-0.2, 0) is 11.2 Å². The normalized spacial score (nSPS) is 17.9. The number of ketones is 1. The molecule has 2 heterocycles. The minimum absolute atomic E-state index is 0.0111. The molecular formula is C27H37FN2O2.